The van der Waals surface area contributed by atoms with E-state index in [4.69, 9.17) is 9.47 Å². The predicted octanol–water partition coefficient (Wildman–Crippen LogP) is 4.94. The minimum absolute atomic E-state index is 0.146. The van der Waals surface area contributed by atoms with Crippen molar-refractivity contribution in [2.24, 2.45) is 0 Å². The summed E-state index contributed by atoms with van der Waals surface area (Å²) < 4.78 is 10.7. The second-order valence-corrected chi connectivity index (χ2v) is 10.8. The maximum Gasteiger partial charge on any atom is 0.410 e. The van der Waals surface area contributed by atoms with E-state index in [9.17, 15) is 14.4 Å². The number of benzene rings is 2. The zero-order chi connectivity index (χ0) is 26.6. The Bertz CT molecular complexity index is 1100. The van der Waals surface area contributed by atoms with Crippen molar-refractivity contribution in [2.75, 3.05) is 25.5 Å². The first-order chi connectivity index (χ1) is 17.6. The molecule has 2 aliphatic rings. The highest BCUT2D eigenvalue weighted by Gasteiger charge is 2.34. The van der Waals surface area contributed by atoms with Crippen molar-refractivity contribution in [3.63, 3.8) is 0 Å². The number of ether oxygens (including phenoxy) is 2. The lowest BCUT2D eigenvalue weighted by Crippen LogP contribution is -2.50. The third-order valence-electron chi connectivity index (χ3n) is 6.88. The Hall–Kier alpha value is -3.55. The zero-order valence-electron chi connectivity index (χ0n) is 22.2. The molecule has 2 heterocycles. The molecule has 2 aromatic rings. The summed E-state index contributed by atoms with van der Waals surface area (Å²) in [5, 5.41) is 3.33. The number of likely N-dealkylation sites (tertiary alicyclic amines) is 2. The fourth-order valence-corrected chi connectivity index (χ4v) is 4.83. The van der Waals surface area contributed by atoms with Crippen molar-refractivity contribution in [1.82, 2.24) is 9.80 Å². The van der Waals surface area contributed by atoms with E-state index < -0.39 is 11.6 Å². The van der Waals surface area contributed by atoms with Gasteiger partial charge >= 0.3 is 6.09 Å². The summed E-state index contributed by atoms with van der Waals surface area (Å²) in [6, 6.07) is 15.1. The number of methoxy groups -OCH3 is 1. The van der Waals surface area contributed by atoms with Gasteiger partial charge in [0.15, 0.2) is 0 Å². The van der Waals surface area contributed by atoms with Gasteiger partial charge in [-0.15, -0.1) is 0 Å². The summed E-state index contributed by atoms with van der Waals surface area (Å²) in [6.07, 6.45) is 2.32. The summed E-state index contributed by atoms with van der Waals surface area (Å²) in [5.74, 6) is 0.760. The number of anilines is 1. The quantitative estimate of drug-likeness (QED) is 0.558. The van der Waals surface area contributed by atoms with E-state index in [2.05, 4.69) is 17.4 Å². The Labute approximate surface area is 218 Å². The van der Waals surface area contributed by atoms with Gasteiger partial charge in [0.05, 0.1) is 13.7 Å². The van der Waals surface area contributed by atoms with Crippen LogP contribution in [-0.2, 0) is 20.9 Å². The van der Waals surface area contributed by atoms with Gasteiger partial charge in [-0.25, -0.2) is 4.79 Å². The van der Waals surface area contributed by atoms with Gasteiger partial charge in [-0.2, -0.15) is 0 Å². The average molecular weight is 508 g/mol. The van der Waals surface area contributed by atoms with Crippen molar-refractivity contribution in [3.05, 3.63) is 59.7 Å². The third-order valence-corrected chi connectivity index (χ3v) is 6.88. The molecule has 1 unspecified atom stereocenters. The van der Waals surface area contributed by atoms with E-state index in [0.717, 1.165) is 29.8 Å². The second-order valence-electron chi connectivity index (χ2n) is 10.8. The molecular weight excluding hydrogens is 470 g/mol. The van der Waals surface area contributed by atoms with Crippen molar-refractivity contribution < 1.29 is 23.9 Å². The lowest BCUT2D eigenvalue weighted by atomic mass is 9.89. The van der Waals surface area contributed by atoms with Crippen LogP contribution in [0, 0.1) is 0 Å². The highest BCUT2D eigenvalue weighted by molar-refractivity contribution is 6.01. The molecule has 8 nitrogen and oxygen atoms in total. The van der Waals surface area contributed by atoms with Crippen LogP contribution < -0.4 is 10.1 Å². The molecule has 0 saturated carbocycles. The molecule has 4 rings (SSSR count). The van der Waals surface area contributed by atoms with Crippen LogP contribution in [0.25, 0.3) is 0 Å². The molecule has 3 amide bonds. The van der Waals surface area contributed by atoms with Crippen LogP contribution in [0.5, 0.6) is 5.75 Å². The minimum Gasteiger partial charge on any atom is -0.497 e. The number of imide groups is 1. The summed E-state index contributed by atoms with van der Waals surface area (Å²) in [5.41, 5.74) is 2.47. The van der Waals surface area contributed by atoms with Gasteiger partial charge < -0.3 is 19.7 Å². The lowest BCUT2D eigenvalue weighted by Gasteiger charge is -2.34. The van der Waals surface area contributed by atoms with E-state index in [-0.39, 0.29) is 24.5 Å². The number of rotatable bonds is 6. The number of nitrogens with zero attached hydrogens (tertiary/aromatic N) is 2. The maximum absolute atomic E-state index is 13.1. The SMILES string of the molecule is COc1ccc(CN2C(=O)CCC(Nc3ccc(C4CCN(C(=O)OC(C)(C)C)CC4)cc3)C2=O)cc1. The highest BCUT2D eigenvalue weighted by Crippen LogP contribution is 2.30. The van der Waals surface area contributed by atoms with E-state index in [1.165, 1.54) is 10.5 Å². The van der Waals surface area contributed by atoms with Gasteiger partial charge in [0.1, 0.15) is 17.4 Å². The van der Waals surface area contributed by atoms with Crippen molar-refractivity contribution in [2.45, 2.75) is 70.6 Å². The number of nitrogens with one attached hydrogen (secondary N) is 1. The monoisotopic (exact) mass is 507 g/mol. The lowest BCUT2D eigenvalue weighted by molar-refractivity contribution is -0.149. The predicted molar refractivity (Wildman–Crippen MR) is 141 cm³/mol. The highest BCUT2D eigenvalue weighted by atomic mass is 16.6. The number of carbonyl (C=O) groups excluding carboxylic acids is 3. The topological polar surface area (TPSA) is 88.2 Å². The third kappa shape index (κ3) is 6.81. The Kier molecular flexibility index (Phi) is 8.05. The molecule has 198 valence electrons. The molecule has 37 heavy (non-hydrogen) atoms. The first kappa shape index (κ1) is 26.5. The summed E-state index contributed by atoms with van der Waals surface area (Å²) >= 11 is 0. The van der Waals surface area contributed by atoms with Crippen LogP contribution in [-0.4, -0.2) is 59.5 Å². The number of amides is 3. The Morgan fingerprint density at radius 3 is 2.22 bits per heavy atom. The van der Waals surface area contributed by atoms with Gasteiger partial charge in [0.2, 0.25) is 5.91 Å². The van der Waals surface area contributed by atoms with Gasteiger partial charge in [-0.1, -0.05) is 24.3 Å². The van der Waals surface area contributed by atoms with Crippen LogP contribution in [0.15, 0.2) is 48.5 Å². The van der Waals surface area contributed by atoms with Gasteiger partial charge in [-0.05, 0) is 81.3 Å². The smallest absolute Gasteiger partial charge is 0.410 e. The summed E-state index contributed by atoms with van der Waals surface area (Å²) in [6.45, 7) is 7.24. The number of carbonyl (C=O) groups is 3. The molecule has 0 aliphatic carbocycles. The molecule has 2 fully saturated rings. The molecule has 2 aromatic carbocycles. The normalized spacial score (nSPS) is 19.1. The maximum atomic E-state index is 13.1. The van der Waals surface area contributed by atoms with E-state index in [0.29, 0.717) is 31.8 Å². The molecule has 1 atom stereocenters. The van der Waals surface area contributed by atoms with Crippen molar-refractivity contribution in [1.29, 1.82) is 0 Å². The summed E-state index contributed by atoms with van der Waals surface area (Å²) in [7, 11) is 1.60. The zero-order valence-corrected chi connectivity index (χ0v) is 22.2. The molecule has 2 aliphatic heterocycles. The van der Waals surface area contributed by atoms with E-state index in [1.807, 2.05) is 57.2 Å². The number of hydrogen-bond acceptors (Lipinski definition) is 6. The first-order valence-corrected chi connectivity index (χ1v) is 12.9. The average Bonchev–Trinajstić information content (AvgIpc) is 2.88. The first-order valence-electron chi connectivity index (χ1n) is 12.9. The fraction of sp³-hybridized carbons (Fsp3) is 0.483. The Balaban J connectivity index is 1.32. The van der Waals surface area contributed by atoms with Gasteiger partial charge in [0, 0.05) is 25.2 Å². The van der Waals surface area contributed by atoms with E-state index in [1.54, 1.807) is 12.0 Å². The molecule has 8 heteroatoms. The number of piperidine rings is 2. The van der Waals surface area contributed by atoms with Crippen LogP contribution in [0.2, 0.25) is 0 Å². The Morgan fingerprint density at radius 1 is 0.973 bits per heavy atom. The fourth-order valence-electron chi connectivity index (χ4n) is 4.83. The van der Waals surface area contributed by atoms with Crippen LogP contribution >= 0.6 is 0 Å². The molecule has 0 spiro atoms. The standard InChI is InChI=1S/C29H37N3O5/c1-29(2,3)37-28(35)31-17-15-22(16-18-31)21-7-9-23(10-8-21)30-25-13-14-26(33)32(27(25)34)19-20-5-11-24(36-4)12-6-20/h5-12,22,25,30H,13-19H2,1-4H3. The van der Waals surface area contributed by atoms with Crippen molar-refractivity contribution in [3.8, 4) is 5.75 Å². The van der Waals surface area contributed by atoms with Crippen LogP contribution in [0.3, 0.4) is 0 Å². The van der Waals surface area contributed by atoms with Crippen LogP contribution in [0.4, 0.5) is 10.5 Å². The van der Waals surface area contributed by atoms with E-state index >= 15 is 0 Å². The number of hydrogen-bond donors (Lipinski definition) is 1. The molecule has 0 aromatic heterocycles. The van der Waals surface area contributed by atoms with Gasteiger partial charge in [-0.3, -0.25) is 14.5 Å². The molecule has 1 N–H and O–H groups in total. The summed E-state index contributed by atoms with van der Waals surface area (Å²) in [4.78, 5) is 41.1. The minimum atomic E-state index is -0.490. The van der Waals surface area contributed by atoms with Crippen LogP contribution in [0.1, 0.15) is 63.5 Å². The molecule has 0 radical (unpaired) electrons. The largest absolute Gasteiger partial charge is 0.497 e. The molecule has 0 bridgehead atoms. The molecule has 2 saturated heterocycles. The van der Waals surface area contributed by atoms with Crippen molar-refractivity contribution >= 4 is 23.6 Å². The molecular formula is C29H37N3O5. The Morgan fingerprint density at radius 2 is 1.62 bits per heavy atom. The van der Waals surface area contributed by atoms with Gasteiger partial charge in [0.25, 0.3) is 5.91 Å². The second kappa shape index (κ2) is 11.2.